The van der Waals surface area contributed by atoms with Crippen LogP contribution in [-0.2, 0) is 17.6 Å². The van der Waals surface area contributed by atoms with Crippen LogP contribution in [0.5, 0.6) is 5.75 Å². The minimum absolute atomic E-state index is 0.0487. The summed E-state index contributed by atoms with van der Waals surface area (Å²) >= 11 is 2.96. The van der Waals surface area contributed by atoms with Gasteiger partial charge in [0.05, 0.1) is 23.9 Å². The Morgan fingerprint density at radius 1 is 1.19 bits per heavy atom. The number of aromatic nitrogens is 2. The van der Waals surface area contributed by atoms with Gasteiger partial charge in [0.15, 0.2) is 5.16 Å². The summed E-state index contributed by atoms with van der Waals surface area (Å²) in [6, 6.07) is 7.40. The molecule has 164 valence electrons. The predicted octanol–water partition coefficient (Wildman–Crippen LogP) is 4.30. The van der Waals surface area contributed by atoms with Crippen LogP contribution >= 0.6 is 23.1 Å². The first kappa shape index (κ1) is 21.9. The first-order chi connectivity index (χ1) is 15.1. The van der Waals surface area contributed by atoms with Crippen molar-refractivity contribution in [2.24, 2.45) is 0 Å². The molecule has 6 nitrogen and oxygen atoms in total. The van der Waals surface area contributed by atoms with Gasteiger partial charge in [-0.2, -0.15) is 0 Å². The Morgan fingerprint density at radius 3 is 2.58 bits per heavy atom. The van der Waals surface area contributed by atoms with Crippen LogP contribution in [-0.4, -0.2) is 46.3 Å². The zero-order chi connectivity index (χ0) is 22.0. The molecule has 0 aliphatic heterocycles. The van der Waals surface area contributed by atoms with Crippen molar-refractivity contribution in [2.45, 2.75) is 44.7 Å². The van der Waals surface area contributed by atoms with E-state index in [1.165, 1.54) is 22.2 Å². The van der Waals surface area contributed by atoms with Gasteiger partial charge in [-0.1, -0.05) is 11.8 Å². The number of thioether (sulfide) groups is 1. The maximum absolute atomic E-state index is 13.7. The number of amides is 1. The minimum atomic E-state index is -0.0487. The number of carbonyl (C=O) groups excluding carboxylic acids is 1. The summed E-state index contributed by atoms with van der Waals surface area (Å²) in [5, 5.41) is 1.30. The molecule has 0 N–H and O–H groups in total. The molecule has 0 unspecified atom stereocenters. The average Bonchev–Trinajstić information content (AvgIpc) is 3.17. The van der Waals surface area contributed by atoms with E-state index >= 15 is 0 Å². The van der Waals surface area contributed by atoms with Gasteiger partial charge in [0.25, 0.3) is 5.56 Å². The van der Waals surface area contributed by atoms with Crippen molar-refractivity contribution >= 4 is 39.2 Å². The van der Waals surface area contributed by atoms with E-state index in [4.69, 9.17) is 9.72 Å². The number of thiophene rings is 1. The molecule has 2 aromatic heterocycles. The summed E-state index contributed by atoms with van der Waals surface area (Å²) in [4.78, 5) is 35.1. The Kier molecular flexibility index (Phi) is 6.67. The highest BCUT2D eigenvalue weighted by molar-refractivity contribution is 7.99. The topological polar surface area (TPSA) is 64.4 Å². The van der Waals surface area contributed by atoms with E-state index in [-0.39, 0.29) is 17.2 Å². The van der Waals surface area contributed by atoms with E-state index < -0.39 is 0 Å². The van der Waals surface area contributed by atoms with Gasteiger partial charge < -0.3 is 9.64 Å². The standard InChI is InChI=1S/C23H27N3O3S2/c1-4-25(5-2)19(27)14-30-23-24-21-20(17-8-6-7-9-18(17)31-21)22(28)26(23)15-10-12-16(29-3)13-11-15/h10-13H,4-9,14H2,1-3H3. The fraction of sp³-hybridized carbons (Fsp3) is 0.435. The number of aryl methyl sites for hydroxylation is 2. The van der Waals surface area contributed by atoms with Crippen LogP contribution in [0.2, 0.25) is 0 Å². The van der Waals surface area contributed by atoms with Crippen LogP contribution in [0.4, 0.5) is 0 Å². The lowest BCUT2D eigenvalue weighted by atomic mass is 9.97. The maximum atomic E-state index is 13.7. The van der Waals surface area contributed by atoms with E-state index in [0.29, 0.717) is 18.2 Å². The molecule has 1 aromatic carbocycles. The van der Waals surface area contributed by atoms with Crippen LogP contribution in [0, 0.1) is 0 Å². The van der Waals surface area contributed by atoms with Crippen molar-refractivity contribution in [3.05, 3.63) is 45.1 Å². The van der Waals surface area contributed by atoms with Crippen LogP contribution in [0.1, 0.15) is 37.1 Å². The highest BCUT2D eigenvalue weighted by Gasteiger charge is 2.23. The number of benzene rings is 1. The number of nitrogens with zero attached hydrogens (tertiary/aromatic N) is 3. The fourth-order valence-electron chi connectivity index (χ4n) is 4.04. The van der Waals surface area contributed by atoms with Gasteiger partial charge in [0, 0.05) is 18.0 Å². The minimum Gasteiger partial charge on any atom is -0.497 e. The van der Waals surface area contributed by atoms with Crippen molar-refractivity contribution in [1.82, 2.24) is 14.5 Å². The fourth-order valence-corrected chi connectivity index (χ4v) is 6.25. The first-order valence-corrected chi connectivity index (χ1v) is 12.5. The summed E-state index contributed by atoms with van der Waals surface area (Å²) < 4.78 is 6.93. The molecule has 2 heterocycles. The third-order valence-corrected chi connectivity index (χ3v) is 7.84. The molecule has 0 fully saturated rings. The first-order valence-electron chi connectivity index (χ1n) is 10.7. The molecule has 0 radical (unpaired) electrons. The molecular weight excluding hydrogens is 430 g/mol. The maximum Gasteiger partial charge on any atom is 0.267 e. The predicted molar refractivity (Wildman–Crippen MR) is 127 cm³/mol. The lowest BCUT2D eigenvalue weighted by Gasteiger charge is -2.19. The normalized spacial score (nSPS) is 13.3. The summed E-state index contributed by atoms with van der Waals surface area (Å²) in [5.74, 6) is 1.03. The van der Waals surface area contributed by atoms with Crippen LogP contribution < -0.4 is 10.3 Å². The Balaban J connectivity index is 1.82. The van der Waals surface area contributed by atoms with Crippen LogP contribution in [0.15, 0.2) is 34.2 Å². The highest BCUT2D eigenvalue weighted by Crippen LogP contribution is 2.35. The number of ether oxygens (including phenoxy) is 1. The van der Waals surface area contributed by atoms with Crippen LogP contribution in [0.3, 0.4) is 0 Å². The van der Waals surface area contributed by atoms with Crippen molar-refractivity contribution in [3.63, 3.8) is 0 Å². The number of rotatable bonds is 7. The molecule has 4 rings (SSSR count). The number of carbonyl (C=O) groups is 1. The highest BCUT2D eigenvalue weighted by atomic mass is 32.2. The molecule has 0 atom stereocenters. The number of methoxy groups -OCH3 is 1. The molecule has 3 aromatic rings. The lowest BCUT2D eigenvalue weighted by molar-refractivity contribution is -0.127. The molecule has 1 aliphatic carbocycles. The zero-order valence-corrected chi connectivity index (χ0v) is 19.8. The molecule has 0 saturated heterocycles. The molecule has 1 amide bonds. The lowest BCUT2D eigenvalue weighted by Crippen LogP contribution is -2.32. The van der Waals surface area contributed by atoms with Gasteiger partial charge in [-0.05, 0) is 69.4 Å². The van der Waals surface area contributed by atoms with E-state index in [1.807, 2.05) is 38.1 Å². The van der Waals surface area contributed by atoms with Gasteiger partial charge in [-0.25, -0.2) is 4.98 Å². The molecule has 31 heavy (non-hydrogen) atoms. The zero-order valence-electron chi connectivity index (χ0n) is 18.1. The number of hydrogen-bond acceptors (Lipinski definition) is 6. The van der Waals surface area contributed by atoms with E-state index in [9.17, 15) is 9.59 Å². The van der Waals surface area contributed by atoms with Crippen molar-refractivity contribution in [3.8, 4) is 11.4 Å². The Bertz CT molecular complexity index is 1150. The van der Waals surface area contributed by atoms with Crippen molar-refractivity contribution < 1.29 is 9.53 Å². The van der Waals surface area contributed by atoms with Gasteiger partial charge in [-0.15, -0.1) is 11.3 Å². The van der Waals surface area contributed by atoms with Gasteiger partial charge in [0.2, 0.25) is 5.91 Å². The smallest absolute Gasteiger partial charge is 0.267 e. The quantitative estimate of drug-likeness (QED) is 0.391. The van der Waals surface area contributed by atoms with E-state index in [0.717, 1.165) is 47.3 Å². The molecule has 1 aliphatic rings. The second-order valence-corrected chi connectivity index (χ2v) is 9.50. The average molecular weight is 458 g/mol. The Labute approximate surface area is 190 Å². The Hall–Kier alpha value is -2.32. The molecule has 0 spiro atoms. The van der Waals surface area contributed by atoms with Gasteiger partial charge >= 0.3 is 0 Å². The number of hydrogen-bond donors (Lipinski definition) is 0. The van der Waals surface area contributed by atoms with E-state index in [1.54, 1.807) is 27.9 Å². The summed E-state index contributed by atoms with van der Waals surface area (Å²) in [6.07, 6.45) is 4.21. The SMILES string of the molecule is CCN(CC)C(=O)CSc1nc2sc3c(c2c(=O)n1-c1ccc(OC)cc1)CCCC3. The summed E-state index contributed by atoms with van der Waals surface area (Å²) in [6.45, 7) is 5.29. The molecule has 0 saturated carbocycles. The Morgan fingerprint density at radius 2 is 1.90 bits per heavy atom. The van der Waals surface area contributed by atoms with Crippen molar-refractivity contribution in [1.29, 1.82) is 0 Å². The molecule has 0 bridgehead atoms. The summed E-state index contributed by atoms with van der Waals surface area (Å²) in [5.41, 5.74) is 1.85. The third-order valence-electron chi connectivity index (χ3n) is 5.73. The van der Waals surface area contributed by atoms with Gasteiger partial charge in [-0.3, -0.25) is 14.2 Å². The van der Waals surface area contributed by atoms with E-state index in [2.05, 4.69) is 0 Å². The number of fused-ring (bicyclic) bond motifs is 3. The monoisotopic (exact) mass is 457 g/mol. The largest absolute Gasteiger partial charge is 0.497 e. The second kappa shape index (κ2) is 9.44. The van der Waals surface area contributed by atoms with Gasteiger partial charge in [0.1, 0.15) is 10.6 Å². The third kappa shape index (κ3) is 4.23. The van der Waals surface area contributed by atoms with Crippen molar-refractivity contribution in [2.75, 3.05) is 26.0 Å². The molecule has 8 heteroatoms. The van der Waals surface area contributed by atoms with Crippen LogP contribution in [0.25, 0.3) is 15.9 Å². The molecular formula is C23H27N3O3S2. The summed E-state index contributed by atoms with van der Waals surface area (Å²) in [7, 11) is 1.62. The second-order valence-electron chi connectivity index (χ2n) is 7.48.